The molecule has 14 heteroatoms. The third kappa shape index (κ3) is 17.0. The van der Waals surface area contributed by atoms with Crippen LogP contribution in [-0.4, -0.2) is 69.2 Å². The standard InChI is InChI=1S/C66H66O14/c1-42(34-38-76-64(70)51-14-24-57(25-15-51)78-56-22-12-48(13-23-56)47(6)67)32-36-74-62(68)49-8-10-50(11-9-49)63(69)75-37-33-43(2)35-39-77-65(71)52-16-26-58(27-17-52)79-59-28-18-53(19-29-59)66(72)80-61-31-21-55(41-45(61)4)46(5)54-20-30-60(73-7)44(3)40-54/h8-31,40-43,46H,32-39H2,1-7H3. The lowest BCUT2D eigenvalue weighted by atomic mass is 9.91. The van der Waals surface area contributed by atoms with Crippen LogP contribution in [0.25, 0.3) is 0 Å². The molecule has 0 N–H and O–H groups in total. The molecule has 0 saturated carbocycles. The van der Waals surface area contributed by atoms with E-state index in [2.05, 4.69) is 19.1 Å². The van der Waals surface area contributed by atoms with Gasteiger partial charge in [-0.2, -0.15) is 0 Å². The molecule has 3 unspecified atom stereocenters. The van der Waals surface area contributed by atoms with Gasteiger partial charge in [0.15, 0.2) is 5.78 Å². The maximum Gasteiger partial charge on any atom is 0.343 e. The first-order valence-electron chi connectivity index (χ1n) is 26.6. The number of carbonyl (C=O) groups is 6. The smallest absolute Gasteiger partial charge is 0.343 e. The lowest BCUT2D eigenvalue weighted by molar-refractivity contribution is 0.0428. The summed E-state index contributed by atoms with van der Waals surface area (Å²) in [4.78, 5) is 75.4. The van der Waals surface area contributed by atoms with Crippen molar-refractivity contribution in [1.29, 1.82) is 0 Å². The van der Waals surface area contributed by atoms with Crippen LogP contribution in [0.5, 0.6) is 34.5 Å². The molecule has 0 heterocycles. The number of ketones is 1. The minimum Gasteiger partial charge on any atom is -0.496 e. The number of carbonyl (C=O) groups excluding carboxylic acids is 6. The van der Waals surface area contributed by atoms with E-state index >= 15 is 0 Å². The second kappa shape index (κ2) is 28.5. The first-order chi connectivity index (χ1) is 38.5. The van der Waals surface area contributed by atoms with Crippen molar-refractivity contribution in [3.8, 4) is 34.5 Å². The molecule has 0 saturated heterocycles. The van der Waals surface area contributed by atoms with Gasteiger partial charge in [-0.05, 0) is 214 Å². The third-order valence-corrected chi connectivity index (χ3v) is 13.6. The zero-order chi connectivity index (χ0) is 57.1. The van der Waals surface area contributed by atoms with E-state index < -0.39 is 29.8 Å². The molecule has 0 aliphatic rings. The molecule has 0 radical (unpaired) electrons. The molecule has 80 heavy (non-hydrogen) atoms. The molecule has 0 aromatic heterocycles. The molecule has 7 rings (SSSR count). The number of aryl methyl sites for hydroxylation is 2. The van der Waals surface area contributed by atoms with Crippen molar-refractivity contribution in [1.82, 2.24) is 0 Å². The van der Waals surface area contributed by atoms with Crippen molar-refractivity contribution >= 4 is 35.6 Å². The fourth-order valence-corrected chi connectivity index (χ4v) is 8.36. The fraction of sp³-hybridized carbons (Fsp3) is 0.273. The van der Waals surface area contributed by atoms with Crippen LogP contribution in [-0.2, 0) is 18.9 Å². The maximum atomic E-state index is 13.1. The first-order valence-corrected chi connectivity index (χ1v) is 26.6. The van der Waals surface area contributed by atoms with Crippen LogP contribution in [0.4, 0.5) is 0 Å². The summed E-state index contributed by atoms with van der Waals surface area (Å²) in [5, 5.41) is 0. The molecule has 0 bridgehead atoms. The number of ether oxygens (including phenoxy) is 8. The molecule has 14 nitrogen and oxygen atoms in total. The van der Waals surface area contributed by atoms with E-state index in [9.17, 15) is 28.8 Å². The van der Waals surface area contributed by atoms with Crippen LogP contribution < -0.4 is 18.9 Å². The van der Waals surface area contributed by atoms with Gasteiger partial charge in [0.2, 0.25) is 0 Å². The molecule has 7 aromatic rings. The summed E-state index contributed by atoms with van der Waals surface area (Å²) >= 11 is 0. The Hall–Kier alpha value is -9.04. The van der Waals surface area contributed by atoms with Gasteiger partial charge in [0.05, 0.1) is 61.4 Å². The summed E-state index contributed by atoms with van der Waals surface area (Å²) in [5.41, 5.74) is 6.46. The minimum atomic E-state index is -0.526. The molecule has 0 fully saturated rings. The zero-order valence-corrected chi connectivity index (χ0v) is 46.1. The largest absolute Gasteiger partial charge is 0.496 e. The van der Waals surface area contributed by atoms with Crippen molar-refractivity contribution in [2.75, 3.05) is 33.5 Å². The highest BCUT2D eigenvalue weighted by molar-refractivity contribution is 5.95. The summed E-state index contributed by atoms with van der Waals surface area (Å²) in [5.74, 6) is 1.24. The maximum absolute atomic E-state index is 13.1. The van der Waals surface area contributed by atoms with Gasteiger partial charge in [0.25, 0.3) is 0 Å². The summed E-state index contributed by atoms with van der Waals surface area (Å²) < 4.78 is 44.8. The number of benzene rings is 7. The highest BCUT2D eigenvalue weighted by Gasteiger charge is 2.18. The number of esters is 5. The lowest BCUT2D eigenvalue weighted by Crippen LogP contribution is -2.13. The Morgan fingerprint density at radius 1 is 0.375 bits per heavy atom. The Kier molecular flexibility index (Phi) is 20.9. The second-order valence-corrected chi connectivity index (χ2v) is 19.7. The average Bonchev–Trinajstić information content (AvgIpc) is 3.46. The molecule has 0 aliphatic heterocycles. The third-order valence-electron chi connectivity index (χ3n) is 13.6. The molecule has 7 aromatic carbocycles. The molecule has 0 amide bonds. The second-order valence-electron chi connectivity index (χ2n) is 19.7. The number of rotatable bonds is 26. The Bertz CT molecular complexity index is 3240. The SMILES string of the molecule is COc1ccc(C(C)c2ccc(OC(=O)c3ccc(Oc4ccc(C(=O)OCCC(C)CCOC(=O)c5ccc(C(=O)OCCC(C)CCOC(=O)c6ccc(Oc7ccc(C(C)=O)cc7)cc6)cc5)cc4)cc3)c(C)c2)cc1C. The predicted molar refractivity (Wildman–Crippen MR) is 302 cm³/mol. The van der Waals surface area contributed by atoms with E-state index in [0.29, 0.717) is 87.8 Å². The Labute approximate surface area is 466 Å². The first kappa shape index (κ1) is 58.6. The average molecular weight is 1080 g/mol. The lowest BCUT2D eigenvalue weighted by Gasteiger charge is -2.16. The Balaban J connectivity index is 0.730. The van der Waals surface area contributed by atoms with Crippen LogP contribution in [0.1, 0.15) is 144 Å². The van der Waals surface area contributed by atoms with Gasteiger partial charge in [-0.3, -0.25) is 4.79 Å². The highest BCUT2D eigenvalue weighted by atomic mass is 16.6. The number of Topliss-reactive ketones (excluding diaryl/α,β-unsaturated/α-hetero) is 1. The van der Waals surface area contributed by atoms with Gasteiger partial charge in [0, 0.05) is 11.5 Å². The van der Waals surface area contributed by atoms with Gasteiger partial charge in [0.1, 0.15) is 34.5 Å². The van der Waals surface area contributed by atoms with Gasteiger partial charge < -0.3 is 37.9 Å². The van der Waals surface area contributed by atoms with Crippen LogP contribution in [0.2, 0.25) is 0 Å². The minimum absolute atomic E-state index is 0.0302. The monoisotopic (exact) mass is 1080 g/mol. The summed E-state index contributed by atoms with van der Waals surface area (Å²) in [7, 11) is 1.66. The van der Waals surface area contributed by atoms with Crippen LogP contribution in [0, 0.1) is 25.7 Å². The van der Waals surface area contributed by atoms with E-state index in [4.69, 9.17) is 37.9 Å². The molecular weight excluding hydrogens is 1020 g/mol. The van der Waals surface area contributed by atoms with E-state index in [-0.39, 0.29) is 50.0 Å². The number of hydrogen-bond donors (Lipinski definition) is 0. The summed E-state index contributed by atoms with van der Waals surface area (Å²) in [6, 6.07) is 44.6. The van der Waals surface area contributed by atoms with Crippen molar-refractivity contribution in [2.45, 2.75) is 73.1 Å². The molecular formula is C66H66O14. The molecule has 3 atom stereocenters. The summed E-state index contributed by atoms with van der Waals surface area (Å²) in [6.45, 7) is 12.2. The van der Waals surface area contributed by atoms with E-state index in [0.717, 1.165) is 28.0 Å². The van der Waals surface area contributed by atoms with E-state index in [1.807, 2.05) is 52.0 Å². The van der Waals surface area contributed by atoms with Gasteiger partial charge in [-0.15, -0.1) is 0 Å². The molecule has 0 spiro atoms. The van der Waals surface area contributed by atoms with Crippen molar-refractivity contribution in [3.63, 3.8) is 0 Å². The van der Waals surface area contributed by atoms with Crippen LogP contribution >= 0.6 is 0 Å². The van der Waals surface area contributed by atoms with Gasteiger partial charge in [-0.1, -0.05) is 45.0 Å². The number of hydrogen-bond acceptors (Lipinski definition) is 14. The van der Waals surface area contributed by atoms with Gasteiger partial charge >= 0.3 is 29.8 Å². The zero-order valence-electron chi connectivity index (χ0n) is 46.1. The molecule has 414 valence electrons. The van der Waals surface area contributed by atoms with Crippen molar-refractivity contribution in [2.24, 2.45) is 11.8 Å². The van der Waals surface area contributed by atoms with Gasteiger partial charge in [-0.25, -0.2) is 24.0 Å². The Morgan fingerprint density at radius 2 is 0.662 bits per heavy atom. The predicted octanol–water partition coefficient (Wildman–Crippen LogP) is 14.3. The topological polar surface area (TPSA) is 176 Å². The van der Waals surface area contributed by atoms with E-state index in [1.54, 1.807) is 104 Å². The summed E-state index contributed by atoms with van der Waals surface area (Å²) in [6.07, 6.45) is 2.24. The van der Waals surface area contributed by atoms with Crippen LogP contribution in [0.15, 0.2) is 158 Å². The van der Waals surface area contributed by atoms with Crippen LogP contribution in [0.3, 0.4) is 0 Å². The van der Waals surface area contributed by atoms with E-state index in [1.165, 1.54) is 31.2 Å². The quantitative estimate of drug-likeness (QED) is 0.0217. The molecule has 0 aliphatic carbocycles. The number of methoxy groups -OCH3 is 1. The normalized spacial score (nSPS) is 12.0. The Morgan fingerprint density at radius 3 is 0.963 bits per heavy atom. The van der Waals surface area contributed by atoms with Crippen molar-refractivity contribution in [3.05, 3.63) is 213 Å². The highest BCUT2D eigenvalue weighted by Crippen LogP contribution is 2.32. The van der Waals surface area contributed by atoms with Crippen molar-refractivity contribution < 1.29 is 66.7 Å². The fourth-order valence-electron chi connectivity index (χ4n) is 8.36.